The van der Waals surface area contributed by atoms with E-state index in [-0.39, 0.29) is 5.04 Å². The van der Waals surface area contributed by atoms with E-state index in [9.17, 15) is 0 Å². The summed E-state index contributed by atoms with van der Waals surface area (Å²) >= 11 is 0. The number of hydrogen-bond donors (Lipinski definition) is 0. The van der Waals surface area contributed by atoms with Crippen LogP contribution in [0, 0.1) is 11.3 Å². The number of benzene rings is 1. The number of allylic oxidation sites excluding steroid dienone is 1. The van der Waals surface area contributed by atoms with Gasteiger partial charge in [0.25, 0.3) is 8.32 Å². The lowest BCUT2D eigenvalue weighted by atomic mass is 10.1. The van der Waals surface area contributed by atoms with E-state index < -0.39 is 8.32 Å². The number of rotatable bonds is 5. The molecule has 0 aliphatic rings. The summed E-state index contributed by atoms with van der Waals surface area (Å²) in [5, 5.41) is 8.73. The van der Waals surface area contributed by atoms with Gasteiger partial charge in [-0.05, 0) is 41.9 Å². The van der Waals surface area contributed by atoms with Crippen LogP contribution in [0.25, 0.3) is 6.08 Å². The van der Waals surface area contributed by atoms with Gasteiger partial charge in [0.15, 0.2) is 17.2 Å². The average Bonchev–Trinajstić information content (AvgIpc) is 2.44. The molecule has 22 heavy (non-hydrogen) atoms. The van der Waals surface area contributed by atoms with E-state index in [0.29, 0.717) is 17.2 Å². The van der Waals surface area contributed by atoms with Crippen molar-refractivity contribution < 1.29 is 13.9 Å². The predicted octanol–water partition coefficient (Wildman–Crippen LogP) is 4.62. The molecule has 0 aromatic heterocycles. The van der Waals surface area contributed by atoms with Gasteiger partial charge in [-0.3, -0.25) is 0 Å². The Bertz CT molecular complexity index is 570. The third-order valence-electron chi connectivity index (χ3n) is 4.00. The lowest BCUT2D eigenvalue weighted by Gasteiger charge is -2.37. The van der Waals surface area contributed by atoms with E-state index in [1.54, 1.807) is 20.3 Å². The summed E-state index contributed by atoms with van der Waals surface area (Å²) in [6.07, 6.45) is 3.13. The van der Waals surface area contributed by atoms with Crippen LogP contribution < -0.4 is 13.9 Å². The molecule has 0 saturated heterocycles. The van der Waals surface area contributed by atoms with Crippen molar-refractivity contribution in [3.05, 3.63) is 23.8 Å². The molecule has 0 radical (unpaired) electrons. The van der Waals surface area contributed by atoms with Crippen molar-refractivity contribution >= 4 is 14.4 Å². The van der Waals surface area contributed by atoms with Crippen LogP contribution in [0.1, 0.15) is 26.3 Å². The maximum absolute atomic E-state index is 8.66. The van der Waals surface area contributed by atoms with Crippen LogP contribution in [0.15, 0.2) is 18.2 Å². The summed E-state index contributed by atoms with van der Waals surface area (Å²) in [4.78, 5) is 0. The fourth-order valence-corrected chi connectivity index (χ4v) is 2.66. The minimum atomic E-state index is -2.01. The molecule has 5 heteroatoms. The smallest absolute Gasteiger partial charge is 0.250 e. The zero-order valence-corrected chi connectivity index (χ0v) is 15.5. The fraction of sp³-hybridized carbons (Fsp3) is 0.471. The molecule has 0 unspecified atom stereocenters. The Morgan fingerprint density at radius 2 is 1.59 bits per heavy atom. The highest BCUT2D eigenvalue weighted by molar-refractivity contribution is 6.74. The van der Waals surface area contributed by atoms with Crippen LogP contribution in [0.3, 0.4) is 0 Å². The first-order valence-corrected chi connectivity index (χ1v) is 10.1. The van der Waals surface area contributed by atoms with Crippen molar-refractivity contribution in [1.29, 1.82) is 5.26 Å². The van der Waals surface area contributed by atoms with E-state index in [2.05, 4.69) is 33.9 Å². The minimum Gasteiger partial charge on any atom is -0.539 e. The summed E-state index contributed by atoms with van der Waals surface area (Å²) in [7, 11) is 1.19. The second kappa shape index (κ2) is 6.88. The Morgan fingerprint density at radius 3 is 1.95 bits per heavy atom. The van der Waals surface area contributed by atoms with E-state index >= 15 is 0 Å². The number of methoxy groups -OCH3 is 2. The molecule has 1 aromatic rings. The maximum atomic E-state index is 8.66. The quantitative estimate of drug-likeness (QED) is 0.587. The van der Waals surface area contributed by atoms with Crippen LogP contribution in [0.4, 0.5) is 0 Å². The van der Waals surface area contributed by atoms with Crippen LogP contribution in [-0.4, -0.2) is 22.5 Å². The van der Waals surface area contributed by atoms with Gasteiger partial charge < -0.3 is 13.9 Å². The second-order valence-corrected chi connectivity index (χ2v) is 11.3. The number of nitriles is 1. The number of hydrogen-bond acceptors (Lipinski definition) is 4. The van der Waals surface area contributed by atoms with Crippen molar-refractivity contribution in [2.45, 2.75) is 38.9 Å². The Morgan fingerprint density at radius 1 is 1.09 bits per heavy atom. The molecular weight excluding hydrogens is 294 g/mol. The van der Waals surface area contributed by atoms with E-state index in [1.165, 1.54) is 6.08 Å². The van der Waals surface area contributed by atoms with Gasteiger partial charge in [0.05, 0.1) is 20.3 Å². The molecule has 120 valence electrons. The molecule has 0 aliphatic carbocycles. The number of ether oxygens (including phenoxy) is 2. The fourth-order valence-electron chi connectivity index (χ4n) is 1.64. The summed E-state index contributed by atoms with van der Waals surface area (Å²) < 4.78 is 17.3. The molecule has 4 nitrogen and oxygen atoms in total. The second-order valence-electron chi connectivity index (χ2n) is 6.58. The molecule has 1 aromatic carbocycles. The highest BCUT2D eigenvalue weighted by Crippen LogP contribution is 2.45. The summed E-state index contributed by atoms with van der Waals surface area (Å²) in [5.41, 5.74) is 0.831. The third-order valence-corrected chi connectivity index (χ3v) is 8.32. The van der Waals surface area contributed by atoms with Crippen molar-refractivity contribution in [2.24, 2.45) is 0 Å². The average molecular weight is 319 g/mol. The Kier molecular flexibility index (Phi) is 5.67. The molecule has 0 N–H and O–H groups in total. The minimum absolute atomic E-state index is 0.0718. The molecule has 0 fully saturated rings. The normalized spacial score (nSPS) is 12.1. The Hall–Kier alpha value is -1.93. The van der Waals surface area contributed by atoms with E-state index in [1.807, 2.05) is 18.2 Å². The van der Waals surface area contributed by atoms with Crippen molar-refractivity contribution in [1.82, 2.24) is 0 Å². The molecule has 0 heterocycles. The number of nitrogens with zero attached hydrogens (tertiary/aromatic N) is 1. The molecular formula is C17H25NO3Si. The first kappa shape index (κ1) is 18.1. The molecule has 0 bridgehead atoms. The van der Waals surface area contributed by atoms with Gasteiger partial charge in [-0.15, -0.1) is 0 Å². The van der Waals surface area contributed by atoms with Crippen LogP contribution in [-0.2, 0) is 0 Å². The summed E-state index contributed by atoms with van der Waals surface area (Å²) in [6, 6.07) is 5.67. The lowest BCUT2D eigenvalue weighted by molar-refractivity contribution is 0.354. The van der Waals surface area contributed by atoms with Gasteiger partial charge in [-0.1, -0.05) is 20.8 Å². The zero-order valence-electron chi connectivity index (χ0n) is 14.5. The molecule has 0 spiro atoms. The third kappa shape index (κ3) is 4.05. The molecule has 0 amide bonds. The monoisotopic (exact) mass is 319 g/mol. The topological polar surface area (TPSA) is 51.5 Å². The van der Waals surface area contributed by atoms with Crippen LogP contribution in [0.2, 0.25) is 18.1 Å². The largest absolute Gasteiger partial charge is 0.539 e. The van der Waals surface area contributed by atoms with Crippen molar-refractivity contribution in [3.63, 3.8) is 0 Å². The highest BCUT2D eigenvalue weighted by Gasteiger charge is 2.40. The summed E-state index contributed by atoms with van der Waals surface area (Å²) in [5.74, 6) is 1.86. The highest BCUT2D eigenvalue weighted by atomic mass is 28.4. The van der Waals surface area contributed by atoms with Gasteiger partial charge in [0.1, 0.15) is 0 Å². The molecule has 0 atom stereocenters. The first-order chi connectivity index (χ1) is 10.2. The SMILES string of the molecule is COc1cc(/C=C\C#N)cc(OC)c1O[Si](C)(C)C(C)(C)C. The Balaban J connectivity index is 3.35. The van der Waals surface area contributed by atoms with E-state index in [4.69, 9.17) is 19.2 Å². The van der Waals surface area contributed by atoms with Crippen molar-refractivity contribution in [2.75, 3.05) is 14.2 Å². The van der Waals surface area contributed by atoms with Gasteiger partial charge in [0, 0.05) is 6.08 Å². The molecule has 0 saturated carbocycles. The summed E-state index contributed by atoms with van der Waals surface area (Å²) in [6.45, 7) is 10.9. The lowest BCUT2D eigenvalue weighted by Crippen LogP contribution is -2.44. The van der Waals surface area contributed by atoms with Crippen LogP contribution in [0.5, 0.6) is 17.2 Å². The predicted molar refractivity (Wildman–Crippen MR) is 92.0 cm³/mol. The van der Waals surface area contributed by atoms with Gasteiger partial charge >= 0.3 is 0 Å². The standard InChI is InChI=1S/C17H25NO3Si/c1-17(2,3)22(6,7)21-16-14(19-4)11-13(9-8-10-18)12-15(16)20-5/h8-9,11-12H,1-7H3/b9-8-. The molecule has 0 aliphatic heterocycles. The van der Waals surface area contributed by atoms with Gasteiger partial charge in [-0.25, -0.2) is 0 Å². The zero-order chi connectivity index (χ0) is 17.0. The van der Waals surface area contributed by atoms with Gasteiger partial charge in [-0.2, -0.15) is 5.26 Å². The van der Waals surface area contributed by atoms with Crippen LogP contribution >= 0.6 is 0 Å². The Labute approximate surface area is 134 Å². The van der Waals surface area contributed by atoms with Crippen molar-refractivity contribution in [3.8, 4) is 23.3 Å². The molecule has 1 rings (SSSR count). The maximum Gasteiger partial charge on any atom is 0.250 e. The van der Waals surface area contributed by atoms with E-state index in [0.717, 1.165) is 5.56 Å². The van der Waals surface area contributed by atoms with Gasteiger partial charge in [0.2, 0.25) is 0 Å². The first-order valence-electron chi connectivity index (χ1n) is 7.17.